The molecule has 0 aliphatic carbocycles. The zero-order valence-corrected chi connectivity index (χ0v) is 7.60. The molecule has 0 rings (SSSR count). The molecule has 0 aromatic heterocycles. The predicted octanol–water partition coefficient (Wildman–Crippen LogP) is 3.55. The van der Waals surface area contributed by atoms with Crippen LogP contribution in [0.1, 0.15) is 0 Å². The molecule has 0 aliphatic heterocycles. The molecular formula is C6HF11O. The van der Waals surface area contributed by atoms with E-state index in [9.17, 15) is 48.3 Å². The van der Waals surface area contributed by atoms with Crippen molar-refractivity contribution in [2.24, 2.45) is 0 Å². The van der Waals surface area contributed by atoms with Crippen molar-refractivity contribution in [2.75, 3.05) is 0 Å². The first-order valence-corrected chi connectivity index (χ1v) is 3.55. The lowest BCUT2D eigenvalue weighted by molar-refractivity contribution is -0.378. The molecule has 0 fully saturated rings. The quantitative estimate of drug-likeness (QED) is 0.790. The van der Waals surface area contributed by atoms with E-state index >= 15 is 0 Å². The van der Waals surface area contributed by atoms with Gasteiger partial charge in [-0.2, -0.15) is 43.9 Å². The average molecular weight is 298 g/mol. The third kappa shape index (κ3) is 2.67. The van der Waals surface area contributed by atoms with Gasteiger partial charge < -0.3 is 5.11 Å². The highest BCUT2D eigenvalue weighted by Crippen LogP contribution is 2.50. The van der Waals surface area contributed by atoms with Gasteiger partial charge in [0.15, 0.2) is 0 Å². The molecule has 0 saturated carbocycles. The highest BCUT2D eigenvalue weighted by molar-refractivity contribution is 5.18. The minimum absolute atomic E-state index is 4.31. The summed E-state index contributed by atoms with van der Waals surface area (Å²) in [6.45, 7) is 0. The van der Waals surface area contributed by atoms with Gasteiger partial charge in [-0.25, -0.2) is 4.39 Å². The van der Waals surface area contributed by atoms with Crippen LogP contribution in [-0.2, 0) is 0 Å². The summed E-state index contributed by atoms with van der Waals surface area (Å²) in [5.41, 5.74) is 0. The van der Waals surface area contributed by atoms with Crippen LogP contribution in [0.25, 0.3) is 0 Å². The number of allylic oxidation sites excluding steroid dienone is 2. The number of hydrogen-bond acceptors (Lipinski definition) is 1. The third-order valence-corrected chi connectivity index (χ3v) is 1.49. The maximum atomic E-state index is 12.3. The number of rotatable bonds is 3. The minimum Gasteiger partial charge on any atom is -0.331 e. The normalized spacial score (nSPS) is 16.7. The van der Waals surface area contributed by atoms with Gasteiger partial charge in [-0.05, 0) is 0 Å². The Morgan fingerprint density at radius 2 is 1.00 bits per heavy atom. The number of halogens is 11. The Bertz CT molecular complexity index is 346. The predicted molar refractivity (Wildman–Crippen MR) is 32.4 cm³/mol. The topological polar surface area (TPSA) is 20.2 Å². The maximum Gasteiger partial charge on any atom is 0.445 e. The van der Waals surface area contributed by atoms with Crippen molar-refractivity contribution in [1.82, 2.24) is 0 Å². The Kier molecular flexibility index (Phi) is 3.99. The van der Waals surface area contributed by atoms with Crippen LogP contribution in [-0.4, -0.2) is 29.2 Å². The SMILES string of the molecule is OC(F)(F)C(F)(F)C(F)(F)/C(F)=C(\F)C(F)(F)F. The van der Waals surface area contributed by atoms with E-state index in [2.05, 4.69) is 0 Å². The molecule has 0 radical (unpaired) electrons. The fraction of sp³-hybridized carbons (Fsp3) is 0.667. The zero-order chi connectivity index (χ0) is 15.2. The Labute approximate surface area is 90.5 Å². The first-order chi connectivity index (χ1) is 7.57. The van der Waals surface area contributed by atoms with E-state index in [1.165, 1.54) is 0 Å². The Hall–Kier alpha value is -1.07. The lowest BCUT2D eigenvalue weighted by Crippen LogP contribution is -2.54. The second-order valence-electron chi connectivity index (χ2n) is 2.82. The molecule has 0 spiro atoms. The first kappa shape index (κ1) is 16.9. The minimum atomic E-state index is -6.98. The van der Waals surface area contributed by atoms with E-state index in [0.717, 1.165) is 0 Å². The number of hydrogen-bond donors (Lipinski definition) is 1. The molecule has 0 bridgehead atoms. The first-order valence-electron chi connectivity index (χ1n) is 3.55. The van der Waals surface area contributed by atoms with Crippen LogP contribution < -0.4 is 0 Å². The smallest absolute Gasteiger partial charge is 0.331 e. The Morgan fingerprint density at radius 3 is 1.22 bits per heavy atom. The highest BCUT2D eigenvalue weighted by atomic mass is 19.4. The van der Waals surface area contributed by atoms with E-state index in [4.69, 9.17) is 5.11 Å². The monoisotopic (exact) mass is 298 g/mol. The summed E-state index contributed by atoms with van der Waals surface area (Å²) in [6.07, 6.45) is -13.0. The highest BCUT2D eigenvalue weighted by Gasteiger charge is 2.75. The van der Waals surface area contributed by atoms with Gasteiger partial charge in [-0.15, -0.1) is 0 Å². The molecule has 108 valence electrons. The standard InChI is InChI=1S/C6HF11O/c7-1(2(8)4(11,12)13)3(9,10)5(14,15)6(16,17)18/h18H/b2-1+. The molecule has 0 aromatic carbocycles. The maximum absolute atomic E-state index is 12.3. The van der Waals surface area contributed by atoms with Gasteiger partial charge in [0.25, 0.3) is 0 Å². The summed E-state index contributed by atoms with van der Waals surface area (Å²) in [5, 5.41) is 7.36. The lowest BCUT2D eigenvalue weighted by Gasteiger charge is -2.28. The van der Waals surface area contributed by atoms with Crippen LogP contribution in [0.5, 0.6) is 0 Å². The van der Waals surface area contributed by atoms with Crippen LogP contribution in [0, 0.1) is 0 Å². The van der Waals surface area contributed by atoms with Crippen LogP contribution >= 0.6 is 0 Å². The van der Waals surface area contributed by atoms with Crippen LogP contribution in [0.4, 0.5) is 48.3 Å². The molecular weight excluding hydrogens is 297 g/mol. The van der Waals surface area contributed by atoms with Gasteiger partial charge in [0, 0.05) is 0 Å². The van der Waals surface area contributed by atoms with Crippen LogP contribution in [0.15, 0.2) is 11.7 Å². The summed E-state index contributed by atoms with van der Waals surface area (Å²) < 4.78 is 131. The Morgan fingerprint density at radius 1 is 0.667 bits per heavy atom. The van der Waals surface area contributed by atoms with E-state index in [0.29, 0.717) is 0 Å². The van der Waals surface area contributed by atoms with Gasteiger partial charge in [0.05, 0.1) is 0 Å². The molecule has 0 amide bonds. The molecule has 1 N–H and O–H groups in total. The summed E-state index contributed by atoms with van der Waals surface area (Å²) in [5.74, 6) is -22.7. The summed E-state index contributed by atoms with van der Waals surface area (Å²) in [4.78, 5) is 0. The van der Waals surface area contributed by atoms with Crippen molar-refractivity contribution in [3.8, 4) is 0 Å². The van der Waals surface area contributed by atoms with Crippen molar-refractivity contribution in [2.45, 2.75) is 24.1 Å². The largest absolute Gasteiger partial charge is 0.445 e. The molecule has 18 heavy (non-hydrogen) atoms. The molecule has 0 aromatic rings. The fourth-order valence-electron chi connectivity index (χ4n) is 0.589. The number of alkyl halides is 9. The molecule has 0 saturated heterocycles. The summed E-state index contributed by atoms with van der Waals surface area (Å²) in [6, 6.07) is 0. The average Bonchev–Trinajstić information content (AvgIpc) is 2.11. The van der Waals surface area contributed by atoms with E-state index in [1.54, 1.807) is 0 Å². The third-order valence-electron chi connectivity index (χ3n) is 1.49. The molecule has 1 nitrogen and oxygen atoms in total. The zero-order valence-electron chi connectivity index (χ0n) is 7.60. The molecule has 0 unspecified atom stereocenters. The van der Waals surface area contributed by atoms with Gasteiger partial charge >= 0.3 is 24.1 Å². The lowest BCUT2D eigenvalue weighted by atomic mass is 10.1. The van der Waals surface area contributed by atoms with Crippen LogP contribution in [0.2, 0.25) is 0 Å². The molecule has 0 heterocycles. The van der Waals surface area contributed by atoms with Crippen molar-refractivity contribution in [3.63, 3.8) is 0 Å². The van der Waals surface area contributed by atoms with E-state index < -0.39 is 35.8 Å². The summed E-state index contributed by atoms with van der Waals surface area (Å²) in [7, 11) is 0. The van der Waals surface area contributed by atoms with Crippen molar-refractivity contribution in [3.05, 3.63) is 11.7 Å². The van der Waals surface area contributed by atoms with E-state index in [-0.39, 0.29) is 0 Å². The van der Waals surface area contributed by atoms with Crippen molar-refractivity contribution in [1.29, 1.82) is 0 Å². The molecule has 0 atom stereocenters. The summed E-state index contributed by atoms with van der Waals surface area (Å²) >= 11 is 0. The van der Waals surface area contributed by atoms with Gasteiger partial charge in [0.1, 0.15) is 0 Å². The molecule has 12 heteroatoms. The fourth-order valence-corrected chi connectivity index (χ4v) is 0.589. The number of aliphatic hydroxyl groups is 1. The second-order valence-corrected chi connectivity index (χ2v) is 2.82. The second kappa shape index (κ2) is 4.24. The van der Waals surface area contributed by atoms with Gasteiger partial charge in [0.2, 0.25) is 11.7 Å². The van der Waals surface area contributed by atoms with Gasteiger partial charge in [-0.1, -0.05) is 0 Å². The van der Waals surface area contributed by atoms with Crippen molar-refractivity contribution >= 4 is 0 Å². The van der Waals surface area contributed by atoms with E-state index in [1.807, 2.05) is 0 Å². The van der Waals surface area contributed by atoms with Crippen LogP contribution in [0.3, 0.4) is 0 Å². The Balaban J connectivity index is 5.83. The molecule has 0 aliphatic rings. The van der Waals surface area contributed by atoms with Crippen molar-refractivity contribution < 1.29 is 53.4 Å². The van der Waals surface area contributed by atoms with Gasteiger partial charge in [-0.3, -0.25) is 0 Å².